The Kier molecular flexibility index (Phi) is 2.90. The molecular weight excluding hydrogens is 136 g/mol. The Bertz CT molecular complexity index is 110. The van der Waals surface area contributed by atoms with Crippen LogP contribution in [0, 0.1) is 0 Å². The normalized spacial score (nSPS) is 39.5. The molecule has 0 aromatic carbocycles. The lowest BCUT2D eigenvalue weighted by molar-refractivity contribution is 0.501. The topological polar surface area (TPSA) is 6.25 Å². The van der Waals surface area contributed by atoms with Crippen molar-refractivity contribution in [2.75, 3.05) is 28.2 Å². The van der Waals surface area contributed by atoms with Crippen molar-refractivity contribution in [1.29, 1.82) is 0 Å². The molecule has 1 aliphatic carbocycles. The number of likely N-dealkylation sites (N-methyl/N-ethyl adjacent to an activating group) is 1. The van der Waals surface area contributed by atoms with Crippen LogP contribution in [0.2, 0.25) is 0 Å². The van der Waals surface area contributed by atoms with Gasteiger partial charge in [-0.3, -0.25) is 4.90 Å². The van der Waals surface area contributed by atoms with Crippen LogP contribution in [0.3, 0.4) is 0 Å². The molecule has 1 aliphatic heterocycles. The first kappa shape index (κ1) is 9.01. The van der Waals surface area contributed by atoms with Crippen LogP contribution in [0.15, 0.2) is 0 Å². The van der Waals surface area contributed by atoms with E-state index in [-0.39, 0.29) is 0 Å². The van der Waals surface area contributed by atoms with Crippen molar-refractivity contribution in [1.82, 2.24) is 9.80 Å². The second kappa shape index (κ2) is 3.55. The van der Waals surface area contributed by atoms with Crippen molar-refractivity contribution in [3.05, 3.63) is 0 Å². The largest absolute Gasteiger partial charge is 0.312 e. The zero-order chi connectivity index (χ0) is 8.43. The van der Waals surface area contributed by atoms with Gasteiger partial charge < -0.3 is 4.90 Å². The lowest BCUT2D eigenvalue weighted by Gasteiger charge is -1.94. The first-order valence-electron chi connectivity index (χ1n) is 4.46. The van der Waals surface area contributed by atoms with Crippen LogP contribution in [-0.4, -0.2) is 50.1 Å². The van der Waals surface area contributed by atoms with Crippen molar-refractivity contribution in [2.24, 2.45) is 0 Å². The monoisotopic (exact) mass is 156 g/mol. The standard InChI is InChI=1S/C6H11N.C3H9N/c1-7-5-3-2-4-6(5)7;1-4(2)3/h5-6H,2-4H2,1H3;1-3H3. The van der Waals surface area contributed by atoms with E-state index in [0.29, 0.717) is 0 Å². The fraction of sp³-hybridized carbons (Fsp3) is 1.00. The highest BCUT2D eigenvalue weighted by Gasteiger charge is 2.46. The van der Waals surface area contributed by atoms with Crippen LogP contribution in [-0.2, 0) is 0 Å². The minimum absolute atomic E-state index is 1.01. The zero-order valence-electron chi connectivity index (χ0n) is 8.17. The Morgan fingerprint density at radius 3 is 1.64 bits per heavy atom. The van der Waals surface area contributed by atoms with Crippen molar-refractivity contribution >= 4 is 0 Å². The fourth-order valence-electron chi connectivity index (χ4n) is 1.80. The van der Waals surface area contributed by atoms with Gasteiger partial charge in [0.05, 0.1) is 0 Å². The first-order valence-corrected chi connectivity index (χ1v) is 4.46. The third-order valence-corrected chi connectivity index (χ3v) is 2.40. The zero-order valence-corrected chi connectivity index (χ0v) is 8.17. The molecule has 1 heterocycles. The van der Waals surface area contributed by atoms with Gasteiger partial charge in [0.15, 0.2) is 0 Å². The molecule has 2 heteroatoms. The maximum atomic E-state index is 2.48. The summed E-state index contributed by atoms with van der Waals surface area (Å²) in [5, 5.41) is 0. The van der Waals surface area contributed by atoms with E-state index in [2.05, 4.69) is 11.9 Å². The molecule has 0 N–H and O–H groups in total. The van der Waals surface area contributed by atoms with Gasteiger partial charge in [-0.1, -0.05) is 6.42 Å². The van der Waals surface area contributed by atoms with Gasteiger partial charge in [0, 0.05) is 12.1 Å². The predicted octanol–water partition coefficient (Wildman–Crippen LogP) is 1.03. The maximum Gasteiger partial charge on any atom is 0.0252 e. The Labute approximate surface area is 70.2 Å². The number of hydrogen-bond donors (Lipinski definition) is 0. The maximum absolute atomic E-state index is 2.48. The molecule has 66 valence electrons. The SMILES string of the molecule is CN(C)C.CN1C2CCCC21. The molecule has 1 saturated heterocycles. The molecule has 0 amide bonds. The van der Waals surface area contributed by atoms with E-state index >= 15 is 0 Å². The van der Waals surface area contributed by atoms with Crippen molar-refractivity contribution in [3.8, 4) is 0 Å². The smallest absolute Gasteiger partial charge is 0.0252 e. The lowest BCUT2D eigenvalue weighted by Crippen LogP contribution is -1.99. The molecule has 11 heavy (non-hydrogen) atoms. The minimum Gasteiger partial charge on any atom is -0.312 e. The molecule has 0 bridgehead atoms. The third kappa shape index (κ3) is 2.46. The van der Waals surface area contributed by atoms with Crippen LogP contribution in [0.4, 0.5) is 0 Å². The third-order valence-electron chi connectivity index (χ3n) is 2.40. The summed E-state index contributed by atoms with van der Waals surface area (Å²) in [7, 11) is 8.23. The number of fused-ring (bicyclic) bond motifs is 1. The number of rotatable bonds is 0. The molecule has 0 aromatic heterocycles. The van der Waals surface area contributed by atoms with Gasteiger partial charge in [-0.2, -0.15) is 0 Å². The van der Waals surface area contributed by atoms with Gasteiger partial charge in [0.25, 0.3) is 0 Å². The summed E-state index contributed by atoms with van der Waals surface area (Å²) in [4.78, 5) is 4.48. The summed E-state index contributed by atoms with van der Waals surface area (Å²) in [6.45, 7) is 0. The molecule has 0 aromatic rings. The molecule has 2 nitrogen and oxygen atoms in total. The van der Waals surface area contributed by atoms with Gasteiger partial charge in [-0.25, -0.2) is 0 Å². The van der Waals surface area contributed by atoms with Crippen LogP contribution < -0.4 is 0 Å². The highest BCUT2D eigenvalue weighted by atomic mass is 15.3. The molecule has 2 aliphatic rings. The summed E-state index contributed by atoms with van der Waals surface area (Å²) in [6.07, 6.45) is 4.43. The van der Waals surface area contributed by atoms with E-state index in [9.17, 15) is 0 Å². The quantitative estimate of drug-likeness (QED) is 0.483. The van der Waals surface area contributed by atoms with Gasteiger partial charge >= 0.3 is 0 Å². The van der Waals surface area contributed by atoms with E-state index in [1.165, 1.54) is 19.3 Å². The van der Waals surface area contributed by atoms with Gasteiger partial charge in [-0.15, -0.1) is 0 Å². The van der Waals surface area contributed by atoms with E-state index in [0.717, 1.165) is 12.1 Å². The van der Waals surface area contributed by atoms with Crippen molar-refractivity contribution in [3.63, 3.8) is 0 Å². The Hall–Kier alpha value is -0.0800. The summed E-state index contributed by atoms with van der Waals surface area (Å²) in [5.74, 6) is 0. The summed E-state index contributed by atoms with van der Waals surface area (Å²) in [5.41, 5.74) is 0. The average Bonchev–Trinajstić information content (AvgIpc) is 2.41. The minimum atomic E-state index is 1.01. The predicted molar refractivity (Wildman–Crippen MR) is 48.8 cm³/mol. The van der Waals surface area contributed by atoms with E-state index in [1.54, 1.807) is 0 Å². The molecule has 2 unspecified atom stereocenters. The molecule has 0 radical (unpaired) electrons. The Morgan fingerprint density at radius 2 is 1.45 bits per heavy atom. The second-order valence-corrected chi connectivity index (χ2v) is 4.07. The highest BCUT2D eigenvalue weighted by molar-refractivity contribution is 5.03. The summed E-state index contributed by atoms with van der Waals surface area (Å²) < 4.78 is 0. The molecular formula is C9H20N2. The van der Waals surface area contributed by atoms with Crippen molar-refractivity contribution < 1.29 is 0 Å². The van der Waals surface area contributed by atoms with E-state index in [1.807, 2.05) is 26.0 Å². The lowest BCUT2D eigenvalue weighted by atomic mass is 10.3. The Morgan fingerprint density at radius 1 is 1.09 bits per heavy atom. The van der Waals surface area contributed by atoms with Crippen LogP contribution in [0.25, 0.3) is 0 Å². The molecule has 1 saturated carbocycles. The van der Waals surface area contributed by atoms with E-state index in [4.69, 9.17) is 0 Å². The summed E-state index contributed by atoms with van der Waals surface area (Å²) >= 11 is 0. The van der Waals surface area contributed by atoms with Crippen molar-refractivity contribution in [2.45, 2.75) is 31.3 Å². The number of hydrogen-bond acceptors (Lipinski definition) is 2. The number of likely N-dealkylation sites (tertiary alicyclic amines) is 1. The molecule has 2 rings (SSSR count). The number of piperidine rings is 1. The molecule has 0 spiro atoms. The summed E-state index contributed by atoms with van der Waals surface area (Å²) in [6, 6.07) is 2.03. The van der Waals surface area contributed by atoms with Gasteiger partial charge in [0.1, 0.15) is 0 Å². The average molecular weight is 156 g/mol. The highest BCUT2D eigenvalue weighted by Crippen LogP contribution is 2.39. The van der Waals surface area contributed by atoms with Crippen LogP contribution in [0.1, 0.15) is 19.3 Å². The van der Waals surface area contributed by atoms with Gasteiger partial charge in [-0.05, 0) is 41.0 Å². The van der Waals surface area contributed by atoms with Gasteiger partial charge in [0.2, 0.25) is 0 Å². The fourth-order valence-corrected chi connectivity index (χ4v) is 1.80. The molecule has 2 fully saturated rings. The first-order chi connectivity index (χ1) is 5.13. The number of nitrogens with zero attached hydrogens (tertiary/aromatic N) is 2. The van der Waals surface area contributed by atoms with Crippen LogP contribution >= 0.6 is 0 Å². The second-order valence-electron chi connectivity index (χ2n) is 4.07. The van der Waals surface area contributed by atoms with E-state index < -0.39 is 0 Å². The molecule has 2 atom stereocenters. The Balaban J connectivity index is 0.000000134. The van der Waals surface area contributed by atoms with Crippen LogP contribution in [0.5, 0.6) is 0 Å².